The monoisotopic (exact) mass is 559 g/mol. The molecule has 0 bridgehead atoms. The molecule has 0 rings (SSSR count). The molecule has 3 unspecified atom stereocenters. The molecule has 0 aliphatic heterocycles. The Hall–Kier alpha value is -1.28. The number of phosphoric acid groups is 1. The summed E-state index contributed by atoms with van der Waals surface area (Å²) in [6, 6.07) is -0.859. The summed E-state index contributed by atoms with van der Waals surface area (Å²) in [5.74, 6) is -0.222. The Balaban J connectivity index is 4.65. The highest BCUT2D eigenvalue weighted by Gasteiger charge is 2.27. The molecule has 1 amide bonds. The molecule has 38 heavy (non-hydrogen) atoms. The molecule has 0 aromatic heterocycles. The van der Waals surface area contributed by atoms with Crippen molar-refractivity contribution < 1.29 is 32.9 Å². The average molecular weight is 560 g/mol. The Morgan fingerprint density at radius 1 is 0.868 bits per heavy atom. The van der Waals surface area contributed by atoms with Crippen LogP contribution < -0.4 is 5.32 Å². The molecule has 0 saturated carbocycles. The van der Waals surface area contributed by atoms with Crippen LogP contribution in [0.25, 0.3) is 0 Å². The van der Waals surface area contributed by atoms with Gasteiger partial charge in [0, 0.05) is 6.42 Å². The maximum atomic E-state index is 12.3. The van der Waals surface area contributed by atoms with Gasteiger partial charge in [-0.15, -0.1) is 0 Å². The van der Waals surface area contributed by atoms with E-state index in [4.69, 9.17) is 9.05 Å². The first-order valence-electron chi connectivity index (χ1n) is 14.4. The van der Waals surface area contributed by atoms with Crippen LogP contribution in [0.3, 0.4) is 0 Å². The fourth-order valence-corrected chi connectivity index (χ4v) is 4.16. The molecule has 222 valence electrons. The lowest BCUT2D eigenvalue weighted by Gasteiger charge is -2.25. The van der Waals surface area contributed by atoms with Crippen molar-refractivity contribution in [2.24, 2.45) is 0 Å². The van der Waals surface area contributed by atoms with Crippen LogP contribution in [0.2, 0.25) is 0 Å². The van der Waals surface area contributed by atoms with Crippen LogP contribution in [0, 0.1) is 0 Å². The Morgan fingerprint density at radius 2 is 1.42 bits per heavy atom. The smallest absolute Gasteiger partial charge is 0.387 e. The summed E-state index contributed by atoms with van der Waals surface area (Å²) >= 11 is 0. The van der Waals surface area contributed by atoms with E-state index in [1.807, 2.05) is 27.2 Å². The number of nitrogens with zero attached hydrogens (tertiary/aromatic N) is 1. The van der Waals surface area contributed by atoms with Crippen molar-refractivity contribution in [3.63, 3.8) is 0 Å². The van der Waals surface area contributed by atoms with E-state index in [1.165, 1.54) is 19.3 Å². The summed E-state index contributed by atoms with van der Waals surface area (Å²) in [5, 5.41) is 13.4. The van der Waals surface area contributed by atoms with Crippen LogP contribution in [0.15, 0.2) is 36.5 Å². The van der Waals surface area contributed by atoms with Gasteiger partial charge >= 0.3 is 7.82 Å². The van der Waals surface area contributed by atoms with Gasteiger partial charge in [-0.3, -0.25) is 13.8 Å². The van der Waals surface area contributed by atoms with E-state index < -0.39 is 20.0 Å². The lowest BCUT2D eigenvalue weighted by atomic mass is 10.1. The Morgan fingerprint density at radius 3 is 2.00 bits per heavy atom. The van der Waals surface area contributed by atoms with Gasteiger partial charge < -0.3 is 19.8 Å². The molecule has 0 aliphatic rings. The highest BCUT2D eigenvalue weighted by molar-refractivity contribution is 7.47. The lowest BCUT2D eigenvalue weighted by Crippen LogP contribution is -2.45. The van der Waals surface area contributed by atoms with Crippen LogP contribution in [0.5, 0.6) is 0 Å². The standard InChI is InChI=1S/C29H55N2O6P/c1-6-8-10-11-12-13-14-15-16-17-18-19-21-22-28(32)27(30-29(33)23-20-9-7-2)26-37-38(34,35)36-25-24-31(3,4)5/h12-13,16-17,21-22,27-28,32H,6-11,14-15,18-20,23-26H2,1-5H3,(H-,30,33,34,35)/p+1/b13-12+,17-16+,22-21+. The molecular formula is C29H56N2O6P+. The van der Waals surface area contributed by atoms with Gasteiger partial charge in [-0.25, -0.2) is 4.57 Å². The van der Waals surface area contributed by atoms with Crippen LogP contribution in [0.4, 0.5) is 0 Å². The summed E-state index contributed by atoms with van der Waals surface area (Å²) in [7, 11) is 1.53. The second-order valence-corrected chi connectivity index (χ2v) is 12.2. The fraction of sp³-hybridized carbons (Fsp3) is 0.759. The summed E-state index contributed by atoms with van der Waals surface area (Å²) in [4.78, 5) is 22.4. The van der Waals surface area contributed by atoms with Gasteiger partial charge in [-0.2, -0.15) is 0 Å². The number of hydrogen-bond acceptors (Lipinski definition) is 5. The number of rotatable bonds is 24. The number of unbranched alkanes of at least 4 members (excludes halogenated alkanes) is 7. The van der Waals surface area contributed by atoms with Crippen molar-refractivity contribution >= 4 is 13.7 Å². The zero-order valence-electron chi connectivity index (χ0n) is 24.6. The molecule has 0 saturated heterocycles. The summed E-state index contributed by atoms with van der Waals surface area (Å²) in [6.07, 6.45) is 22.8. The molecule has 0 heterocycles. The van der Waals surface area contributed by atoms with Crippen molar-refractivity contribution in [2.75, 3.05) is 40.9 Å². The number of nitrogens with one attached hydrogen (secondary N) is 1. The lowest BCUT2D eigenvalue weighted by molar-refractivity contribution is -0.870. The fourth-order valence-electron chi connectivity index (χ4n) is 3.42. The summed E-state index contributed by atoms with van der Waals surface area (Å²) in [6.45, 7) is 4.51. The Bertz CT molecular complexity index is 733. The maximum absolute atomic E-state index is 12.3. The quantitative estimate of drug-likeness (QED) is 0.0575. The van der Waals surface area contributed by atoms with E-state index in [1.54, 1.807) is 6.08 Å². The number of aliphatic hydroxyl groups excluding tert-OH is 1. The molecule has 3 atom stereocenters. The second-order valence-electron chi connectivity index (χ2n) is 10.8. The highest BCUT2D eigenvalue weighted by atomic mass is 31.2. The molecule has 3 N–H and O–H groups in total. The van der Waals surface area contributed by atoms with E-state index in [0.29, 0.717) is 17.4 Å². The minimum absolute atomic E-state index is 0.0521. The number of aliphatic hydroxyl groups is 1. The van der Waals surface area contributed by atoms with E-state index >= 15 is 0 Å². The first-order chi connectivity index (χ1) is 18.0. The largest absolute Gasteiger partial charge is 0.472 e. The first-order valence-corrected chi connectivity index (χ1v) is 15.9. The van der Waals surface area contributed by atoms with Gasteiger partial charge in [0.15, 0.2) is 0 Å². The number of likely N-dealkylation sites (N-methyl/N-ethyl adjacent to an activating group) is 1. The molecule has 0 radical (unpaired) electrons. The summed E-state index contributed by atoms with van der Waals surface area (Å²) < 4.78 is 23.0. The molecule has 9 heteroatoms. The Labute approximate surface area is 232 Å². The number of amides is 1. The highest BCUT2D eigenvalue weighted by Crippen LogP contribution is 2.43. The van der Waals surface area contributed by atoms with Gasteiger partial charge in [0.1, 0.15) is 13.2 Å². The molecule has 0 spiro atoms. The molecule has 8 nitrogen and oxygen atoms in total. The van der Waals surface area contributed by atoms with Crippen LogP contribution >= 0.6 is 7.82 Å². The zero-order valence-corrected chi connectivity index (χ0v) is 25.5. The molecule has 0 aliphatic carbocycles. The van der Waals surface area contributed by atoms with Crippen LogP contribution in [-0.4, -0.2) is 73.4 Å². The van der Waals surface area contributed by atoms with Crippen molar-refractivity contribution in [1.82, 2.24) is 5.32 Å². The second kappa shape index (κ2) is 22.5. The normalized spacial score (nSPS) is 15.9. The minimum atomic E-state index is -4.31. The van der Waals surface area contributed by atoms with Crippen LogP contribution in [-0.2, 0) is 18.4 Å². The third-order valence-electron chi connectivity index (χ3n) is 5.84. The Kier molecular flexibility index (Phi) is 21.8. The predicted molar refractivity (Wildman–Crippen MR) is 157 cm³/mol. The van der Waals surface area contributed by atoms with Gasteiger partial charge in [0.05, 0.1) is 39.9 Å². The van der Waals surface area contributed by atoms with Gasteiger partial charge in [0.2, 0.25) is 5.91 Å². The molecule has 0 aromatic carbocycles. The number of allylic oxidation sites excluding steroid dienone is 5. The van der Waals surface area contributed by atoms with Crippen molar-refractivity contribution in [3.05, 3.63) is 36.5 Å². The number of carbonyl (C=O) groups is 1. The number of hydrogen-bond donors (Lipinski definition) is 3. The predicted octanol–water partition coefficient (Wildman–Crippen LogP) is 6.06. The van der Waals surface area contributed by atoms with Crippen LogP contribution in [0.1, 0.15) is 90.9 Å². The SMILES string of the molecule is CCCCC/C=C/CC/C=C/CC/C=C/C(O)C(COP(=O)(O)OCC[N+](C)(C)C)NC(=O)CCCCC. The molecule has 0 fully saturated rings. The number of phosphoric ester groups is 1. The zero-order chi connectivity index (χ0) is 28.7. The van der Waals surface area contributed by atoms with E-state index in [-0.39, 0.29) is 19.1 Å². The van der Waals surface area contributed by atoms with Gasteiger partial charge in [-0.1, -0.05) is 76.0 Å². The molecule has 0 aromatic rings. The average Bonchev–Trinajstić information content (AvgIpc) is 2.83. The van der Waals surface area contributed by atoms with E-state index in [2.05, 4.69) is 43.5 Å². The van der Waals surface area contributed by atoms with Crippen molar-refractivity contribution in [3.8, 4) is 0 Å². The summed E-state index contributed by atoms with van der Waals surface area (Å²) in [5.41, 5.74) is 0. The van der Waals surface area contributed by atoms with E-state index in [9.17, 15) is 19.4 Å². The topological polar surface area (TPSA) is 105 Å². The molecular weight excluding hydrogens is 503 g/mol. The minimum Gasteiger partial charge on any atom is -0.387 e. The van der Waals surface area contributed by atoms with Gasteiger partial charge in [0.25, 0.3) is 0 Å². The number of quaternary nitrogens is 1. The van der Waals surface area contributed by atoms with E-state index in [0.717, 1.165) is 51.4 Å². The maximum Gasteiger partial charge on any atom is 0.472 e. The van der Waals surface area contributed by atoms with Crippen molar-refractivity contribution in [1.29, 1.82) is 0 Å². The third kappa shape index (κ3) is 23.8. The third-order valence-corrected chi connectivity index (χ3v) is 6.82. The first kappa shape index (κ1) is 36.7. The number of carbonyl (C=O) groups excluding carboxylic acids is 1. The van der Waals surface area contributed by atoms with Gasteiger partial charge in [-0.05, 0) is 44.9 Å². The van der Waals surface area contributed by atoms with Crippen molar-refractivity contribution in [2.45, 2.75) is 103 Å².